The Morgan fingerprint density at radius 2 is 2.00 bits per heavy atom. The predicted octanol–water partition coefficient (Wildman–Crippen LogP) is 0.595. The molecule has 3 heterocycles. The molecule has 3 aliphatic rings. The van der Waals surface area contributed by atoms with Gasteiger partial charge in [0, 0.05) is 32.3 Å². The quantitative estimate of drug-likeness (QED) is 0.459. The number of likely N-dealkylation sites (N-methyl/N-ethyl adjacent to an activating group) is 1. The molecule has 4 rings (SSSR count). The Balaban J connectivity index is 1.74. The number of hydrogen-bond donors (Lipinski definition) is 1. The summed E-state index contributed by atoms with van der Waals surface area (Å²) in [4.78, 5) is 58.8. The molecule has 11 heteroatoms. The first-order valence-electron chi connectivity index (χ1n) is 11.4. The summed E-state index contributed by atoms with van der Waals surface area (Å²) in [5.74, 6) is -3.02. The zero-order valence-electron chi connectivity index (χ0n) is 19.5. The number of ether oxygens (including phenoxy) is 2. The molecule has 0 aliphatic carbocycles. The van der Waals surface area contributed by atoms with Crippen molar-refractivity contribution in [2.24, 2.45) is 4.99 Å². The lowest BCUT2D eigenvalue weighted by Crippen LogP contribution is -2.59. The van der Waals surface area contributed by atoms with Crippen molar-refractivity contribution in [3.05, 3.63) is 41.7 Å². The minimum Gasteiger partial charge on any atom is -0.493 e. The summed E-state index contributed by atoms with van der Waals surface area (Å²) in [5, 5.41) is 2.61. The van der Waals surface area contributed by atoms with E-state index in [-0.39, 0.29) is 43.3 Å². The molecule has 0 radical (unpaired) electrons. The first kappa shape index (κ1) is 24.5. The maximum atomic E-state index is 13.8. The summed E-state index contributed by atoms with van der Waals surface area (Å²) in [5.41, 5.74) is 0.491. The van der Waals surface area contributed by atoms with Crippen molar-refractivity contribution in [3.8, 4) is 5.75 Å². The highest BCUT2D eigenvalue weighted by Crippen LogP contribution is 2.25. The van der Waals surface area contributed by atoms with Gasteiger partial charge in [-0.25, -0.2) is 9.38 Å². The number of amides is 3. The molecule has 3 amide bonds. The van der Waals surface area contributed by atoms with Crippen LogP contribution in [0.25, 0.3) is 0 Å². The summed E-state index contributed by atoms with van der Waals surface area (Å²) in [6, 6.07) is 1.68. The molecule has 1 fully saturated rings. The molecule has 0 aromatic heterocycles. The van der Waals surface area contributed by atoms with E-state index in [0.29, 0.717) is 24.8 Å². The molecule has 2 unspecified atom stereocenters. The molecule has 1 aromatic rings. The number of ketones is 1. The molecule has 1 saturated heterocycles. The first-order valence-corrected chi connectivity index (χ1v) is 11.4. The average molecular weight is 487 g/mol. The van der Waals surface area contributed by atoms with Gasteiger partial charge in [-0.2, -0.15) is 0 Å². The van der Waals surface area contributed by atoms with E-state index in [1.54, 1.807) is 13.1 Å². The molecule has 1 N–H and O–H groups in total. The van der Waals surface area contributed by atoms with Gasteiger partial charge >= 0.3 is 0 Å². The lowest BCUT2D eigenvalue weighted by molar-refractivity contribution is -0.146. The third kappa shape index (κ3) is 5.09. The van der Waals surface area contributed by atoms with Crippen LogP contribution in [0.4, 0.5) is 4.39 Å². The summed E-state index contributed by atoms with van der Waals surface area (Å²) < 4.78 is 24.9. The monoisotopic (exact) mass is 486 g/mol. The number of methoxy groups -OCH3 is 1. The van der Waals surface area contributed by atoms with Crippen LogP contribution >= 0.6 is 0 Å². The summed E-state index contributed by atoms with van der Waals surface area (Å²) >= 11 is 0. The third-order valence-corrected chi connectivity index (χ3v) is 6.37. The van der Waals surface area contributed by atoms with Crippen LogP contribution in [0.3, 0.4) is 0 Å². The largest absolute Gasteiger partial charge is 0.493 e. The second-order valence-corrected chi connectivity index (χ2v) is 8.58. The number of benzene rings is 1. The van der Waals surface area contributed by atoms with Crippen LogP contribution in [-0.4, -0.2) is 84.6 Å². The van der Waals surface area contributed by atoms with Crippen LogP contribution in [0.5, 0.6) is 5.75 Å². The number of amidine groups is 1. The number of nitrogens with zero attached hydrogens (tertiary/aromatic N) is 3. The smallest absolute Gasteiger partial charge is 0.298 e. The fourth-order valence-corrected chi connectivity index (χ4v) is 4.34. The van der Waals surface area contributed by atoms with Gasteiger partial charge in [-0.05, 0) is 31.4 Å². The van der Waals surface area contributed by atoms with Crippen molar-refractivity contribution in [1.82, 2.24) is 15.1 Å². The molecular weight excluding hydrogens is 459 g/mol. The van der Waals surface area contributed by atoms with Gasteiger partial charge in [0.25, 0.3) is 17.6 Å². The predicted molar refractivity (Wildman–Crippen MR) is 122 cm³/mol. The van der Waals surface area contributed by atoms with Gasteiger partial charge in [0.2, 0.25) is 5.91 Å². The molecule has 35 heavy (non-hydrogen) atoms. The average Bonchev–Trinajstić information content (AvgIpc) is 3.03. The van der Waals surface area contributed by atoms with Crippen molar-refractivity contribution < 1.29 is 33.0 Å². The number of halogens is 1. The van der Waals surface area contributed by atoms with E-state index < -0.39 is 35.5 Å². The van der Waals surface area contributed by atoms with Crippen molar-refractivity contribution in [2.75, 3.05) is 27.3 Å². The van der Waals surface area contributed by atoms with Gasteiger partial charge in [0.15, 0.2) is 6.04 Å². The Hall–Kier alpha value is -3.60. The van der Waals surface area contributed by atoms with Crippen molar-refractivity contribution in [2.45, 2.75) is 44.0 Å². The number of nitrogens with one attached hydrogen (secondary N) is 1. The normalized spacial score (nSPS) is 26.8. The second kappa shape index (κ2) is 10.3. The Bertz CT molecular complexity index is 1100. The molecule has 186 valence electrons. The minimum absolute atomic E-state index is 0.0512. The molecule has 0 spiro atoms. The molecule has 1 aromatic carbocycles. The van der Waals surface area contributed by atoms with E-state index in [1.165, 1.54) is 41.2 Å². The topological polar surface area (TPSA) is 118 Å². The summed E-state index contributed by atoms with van der Waals surface area (Å²) in [6.07, 6.45) is 4.04. The highest BCUT2D eigenvalue weighted by molar-refractivity contribution is 6.46. The van der Waals surface area contributed by atoms with Crippen molar-refractivity contribution in [1.29, 1.82) is 0 Å². The number of Topliss-reactive ketones (excluding diaryl/α,β-unsaturated/α-hetero) is 1. The third-order valence-electron chi connectivity index (χ3n) is 6.37. The highest BCUT2D eigenvalue weighted by Gasteiger charge is 2.46. The lowest BCUT2D eigenvalue weighted by atomic mass is 10.0. The number of aliphatic imine (C=N–C) groups is 1. The maximum absolute atomic E-state index is 13.8. The van der Waals surface area contributed by atoms with Gasteiger partial charge in [-0.3, -0.25) is 24.1 Å². The van der Waals surface area contributed by atoms with Crippen molar-refractivity contribution in [3.63, 3.8) is 0 Å². The fraction of sp³-hybridized carbons (Fsp3) is 0.458. The first-order chi connectivity index (χ1) is 16.8. The number of fused-ring (bicyclic) bond motifs is 2. The molecule has 10 nitrogen and oxygen atoms in total. The lowest BCUT2D eigenvalue weighted by Gasteiger charge is -2.35. The second-order valence-electron chi connectivity index (χ2n) is 8.58. The molecule has 3 atom stereocenters. The van der Waals surface area contributed by atoms with E-state index >= 15 is 0 Å². The minimum atomic E-state index is -1.59. The Labute approximate surface area is 201 Å². The van der Waals surface area contributed by atoms with E-state index in [0.717, 1.165) is 0 Å². The standard InChI is InChI=1S/C24H27FN4O6/c1-28-17-9-8-16(34-2)13-29-22(17)27-20(21(31)24(29)33)23(32)26-12-14-6-7-15(25)11-18(14)35-10-4-3-5-19(28)30/h3,5-7,11,16-17,20H,4,8-10,12-13H2,1-2H3,(H,26,32)/b5-3-/t16-,17?,20?/m0/s1. The zero-order chi connectivity index (χ0) is 25.1. The van der Waals surface area contributed by atoms with E-state index in [1.807, 2.05) is 0 Å². The van der Waals surface area contributed by atoms with Crippen LogP contribution in [0, 0.1) is 5.82 Å². The van der Waals surface area contributed by atoms with Gasteiger partial charge in [-0.15, -0.1) is 0 Å². The number of rotatable bonds is 1. The van der Waals surface area contributed by atoms with Crippen LogP contribution in [0.15, 0.2) is 35.3 Å². The van der Waals surface area contributed by atoms with E-state index in [4.69, 9.17) is 9.47 Å². The Kier molecular flexibility index (Phi) is 7.25. The Morgan fingerprint density at radius 1 is 1.20 bits per heavy atom. The van der Waals surface area contributed by atoms with Crippen LogP contribution in [-0.2, 0) is 30.5 Å². The van der Waals surface area contributed by atoms with Gasteiger partial charge in [-0.1, -0.05) is 12.1 Å². The van der Waals surface area contributed by atoms with Gasteiger partial charge in [0.05, 0.1) is 25.3 Å². The van der Waals surface area contributed by atoms with Crippen LogP contribution in [0.2, 0.25) is 0 Å². The maximum Gasteiger partial charge on any atom is 0.298 e. The van der Waals surface area contributed by atoms with Crippen LogP contribution in [0.1, 0.15) is 24.8 Å². The zero-order valence-corrected chi connectivity index (χ0v) is 19.5. The van der Waals surface area contributed by atoms with E-state index in [9.17, 15) is 23.6 Å². The van der Waals surface area contributed by atoms with Crippen LogP contribution < -0.4 is 10.1 Å². The number of carbonyl (C=O) groups excluding carboxylic acids is 4. The number of carbonyl (C=O) groups is 4. The Morgan fingerprint density at radius 3 is 2.77 bits per heavy atom. The molecule has 3 aliphatic heterocycles. The molecular formula is C24H27FN4O6. The van der Waals surface area contributed by atoms with Gasteiger partial charge < -0.3 is 19.7 Å². The van der Waals surface area contributed by atoms with Crippen molar-refractivity contribution >= 4 is 29.3 Å². The molecule has 2 bridgehead atoms. The van der Waals surface area contributed by atoms with Gasteiger partial charge in [0.1, 0.15) is 17.4 Å². The summed E-state index contributed by atoms with van der Waals surface area (Å²) in [6.45, 7) is 0.232. The molecule has 0 saturated carbocycles. The highest BCUT2D eigenvalue weighted by atomic mass is 19.1. The summed E-state index contributed by atoms with van der Waals surface area (Å²) in [7, 11) is 3.10. The fourth-order valence-electron chi connectivity index (χ4n) is 4.34. The van der Waals surface area contributed by atoms with E-state index in [2.05, 4.69) is 10.3 Å². The SMILES string of the molecule is CO[C@H]1CCC2C3=NC(C(=O)NCc4ccc(F)cc4OCC/C=C\C(=O)N2C)C(=O)C(=O)N3C1. The number of hydrogen-bond acceptors (Lipinski definition) is 7.